The number of benzene rings is 2. The highest BCUT2D eigenvalue weighted by Crippen LogP contribution is 2.39. The average molecular weight is 369 g/mol. The first-order chi connectivity index (χ1) is 11.3. The minimum absolute atomic E-state index is 0.0759. The van der Waals surface area contributed by atoms with E-state index in [1.807, 2.05) is 30.3 Å². The second-order valence-electron chi connectivity index (χ2n) is 5.46. The van der Waals surface area contributed by atoms with E-state index in [1.165, 1.54) is 0 Å². The Bertz CT molecular complexity index is 1010. The monoisotopic (exact) mass is 368 g/mol. The molecule has 0 spiro atoms. The summed E-state index contributed by atoms with van der Waals surface area (Å²) in [6.07, 6.45) is -2.74. The van der Waals surface area contributed by atoms with Crippen molar-refractivity contribution in [2.75, 3.05) is 0 Å². The van der Waals surface area contributed by atoms with Gasteiger partial charge in [-0.2, -0.15) is 13.2 Å². The lowest BCUT2D eigenvalue weighted by Crippen LogP contribution is -2.06. The van der Waals surface area contributed by atoms with Gasteiger partial charge >= 0.3 is 6.18 Å². The molecule has 2 aromatic carbocycles. The predicted octanol–water partition coefficient (Wildman–Crippen LogP) is 6.39. The van der Waals surface area contributed by atoms with Crippen LogP contribution in [0.1, 0.15) is 5.56 Å². The van der Waals surface area contributed by atoms with E-state index < -0.39 is 11.7 Å². The van der Waals surface area contributed by atoms with Gasteiger partial charge in [-0.25, -0.2) is 0 Å². The van der Waals surface area contributed by atoms with Gasteiger partial charge < -0.3 is 0 Å². The highest BCUT2D eigenvalue weighted by molar-refractivity contribution is 6.37. The Hall–Kier alpha value is -2.11. The molecule has 0 atom stereocenters. The molecule has 0 radical (unpaired) electrons. The molecule has 0 amide bonds. The van der Waals surface area contributed by atoms with E-state index in [2.05, 4.69) is 5.10 Å². The molecule has 4 rings (SSSR count). The summed E-state index contributed by atoms with van der Waals surface area (Å²) < 4.78 is 40.1. The molecule has 1 N–H and O–H groups in total. The van der Waals surface area contributed by atoms with Gasteiger partial charge in [0.1, 0.15) is 0 Å². The number of alkyl halides is 3. The van der Waals surface area contributed by atoms with Crippen LogP contribution in [-0.2, 0) is 6.18 Å². The molecule has 1 aliphatic carbocycles. The molecule has 2 nitrogen and oxygen atoms in total. The summed E-state index contributed by atoms with van der Waals surface area (Å²) in [5.41, 5.74) is 1.20. The van der Waals surface area contributed by atoms with E-state index in [1.54, 1.807) is 10.9 Å². The molecule has 0 saturated carbocycles. The van der Waals surface area contributed by atoms with Gasteiger partial charge in [-0.05, 0) is 23.6 Å². The third-order valence-electron chi connectivity index (χ3n) is 3.92. The van der Waals surface area contributed by atoms with E-state index >= 15 is 0 Å². The molecule has 1 heterocycles. The van der Waals surface area contributed by atoms with Crippen LogP contribution in [0.25, 0.3) is 27.7 Å². The maximum absolute atomic E-state index is 12.8. The van der Waals surface area contributed by atoms with Crippen molar-refractivity contribution in [3.05, 3.63) is 64.3 Å². The van der Waals surface area contributed by atoms with Crippen molar-refractivity contribution in [1.29, 1.82) is 0 Å². The summed E-state index contributed by atoms with van der Waals surface area (Å²) in [6.45, 7) is 0. The quantitative estimate of drug-likeness (QED) is 0.401. The fourth-order valence-corrected chi connectivity index (χ4v) is 3.51. The van der Waals surface area contributed by atoms with E-state index in [0.29, 0.717) is 0 Å². The van der Waals surface area contributed by atoms with E-state index in [0.717, 1.165) is 34.2 Å². The minimum atomic E-state index is -4.50. The van der Waals surface area contributed by atoms with Crippen LogP contribution in [-0.4, -0.2) is 9.78 Å². The summed E-state index contributed by atoms with van der Waals surface area (Å²) in [4.78, 5) is 0. The molecule has 0 aromatic heterocycles. The van der Waals surface area contributed by atoms with Crippen molar-refractivity contribution >= 4 is 34.0 Å². The second kappa shape index (κ2) is 5.19. The van der Waals surface area contributed by atoms with Gasteiger partial charge in [-0.3, -0.25) is 9.78 Å². The Morgan fingerprint density at radius 2 is 1.62 bits per heavy atom. The average Bonchev–Trinajstić information content (AvgIpc) is 3.03. The Labute approximate surface area is 144 Å². The number of halogens is 5. The van der Waals surface area contributed by atoms with Gasteiger partial charge in [0.2, 0.25) is 0 Å². The third kappa shape index (κ3) is 2.36. The standard InChI is InChI=1S/C17H9Cl2F3N2/c18-13-6-11(17(20,21)22)7-14(19)16(13)24-8-10-5-9-3-1-2-4-12(9)15(10)23-24/h1-8,23H. The number of hydrogen-bond donors (Lipinski definition) is 1. The molecule has 24 heavy (non-hydrogen) atoms. The topological polar surface area (TPSA) is 20.7 Å². The molecule has 2 aliphatic rings. The van der Waals surface area contributed by atoms with Gasteiger partial charge in [0, 0.05) is 17.1 Å². The zero-order valence-electron chi connectivity index (χ0n) is 12.0. The van der Waals surface area contributed by atoms with Gasteiger partial charge in [0.15, 0.2) is 0 Å². The van der Waals surface area contributed by atoms with Crippen molar-refractivity contribution in [2.45, 2.75) is 6.18 Å². The first-order valence-electron chi connectivity index (χ1n) is 7.00. The normalized spacial score (nSPS) is 12.4. The van der Waals surface area contributed by atoms with Crippen LogP contribution in [0, 0.1) is 0 Å². The lowest BCUT2D eigenvalue weighted by Gasteiger charge is -2.12. The first-order valence-corrected chi connectivity index (χ1v) is 7.75. The minimum Gasteiger partial charge on any atom is -0.293 e. The first kappa shape index (κ1) is 15.4. The van der Waals surface area contributed by atoms with Gasteiger partial charge in [0.05, 0.1) is 27.0 Å². The smallest absolute Gasteiger partial charge is 0.293 e. The molecule has 1 aliphatic heterocycles. The van der Waals surface area contributed by atoms with E-state index in [-0.39, 0.29) is 15.7 Å². The Morgan fingerprint density at radius 1 is 0.958 bits per heavy atom. The number of fused-ring (bicyclic) bond motifs is 3. The molecule has 0 bridgehead atoms. The third-order valence-corrected chi connectivity index (χ3v) is 4.49. The Morgan fingerprint density at radius 3 is 2.29 bits per heavy atom. The van der Waals surface area contributed by atoms with Gasteiger partial charge in [-0.1, -0.05) is 47.5 Å². The maximum Gasteiger partial charge on any atom is 0.416 e. The van der Waals surface area contributed by atoms with E-state index in [9.17, 15) is 13.2 Å². The highest BCUT2D eigenvalue weighted by atomic mass is 35.5. The molecule has 0 saturated heterocycles. The molecule has 0 fully saturated rings. The van der Waals surface area contributed by atoms with Gasteiger partial charge in [-0.15, -0.1) is 0 Å². The Kier molecular flexibility index (Phi) is 3.34. The SMILES string of the molecule is FC(F)(F)c1cc(Cl)c(-n2cc3cc4ccccc4c-3[nH]2)c(Cl)c1. The Balaban J connectivity index is 1.90. The number of nitrogens with one attached hydrogen (secondary N) is 1. The summed E-state index contributed by atoms with van der Waals surface area (Å²) in [7, 11) is 0. The largest absolute Gasteiger partial charge is 0.416 e. The number of aromatic amines is 1. The maximum atomic E-state index is 12.8. The number of nitrogens with zero attached hydrogens (tertiary/aromatic N) is 1. The van der Waals surface area contributed by atoms with E-state index in [4.69, 9.17) is 23.2 Å². The van der Waals surface area contributed by atoms with Crippen molar-refractivity contribution in [3.8, 4) is 16.9 Å². The molecule has 2 aromatic rings. The molecule has 0 unspecified atom stereocenters. The highest BCUT2D eigenvalue weighted by Gasteiger charge is 2.32. The number of hydrogen-bond acceptors (Lipinski definition) is 0. The second-order valence-corrected chi connectivity index (χ2v) is 6.27. The zero-order chi connectivity index (χ0) is 17.1. The fourth-order valence-electron chi connectivity index (χ4n) is 2.84. The number of rotatable bonds is 1. The lowest BCUT2D eigenvalue weighted by molar-refractivity contribution is -0.137. The lowest BCUT2D eigenvalue weighted by atomic mass is 10.2. The van der Waals surface area contributed by atoms with Crippen LogP contribution < -0.4 is 0 Å². The van der Waals surface area contributed by atoms with Crippen LogP contribution >= 0.6 is 23.2 Å². The predicted molar refractivity (Wildman–Crippen MR) is 89.3 cm³/mol. The molecular weight excluding hydrogens is 360 g/mol. The number of aromatic nitrogens is 2. The molecule has 7 heteroatoms. The number of H-pyrrole nitrogens is 1. The van der Waals surface area contributed by atoms with Gasteiger partial charge in [0.25, 0.3) is 0 Å². The molecular formula is C17H9Cl2F3N2. The van der Waals surface area contributed by atoms with Crippen molar-refractivity contribution < 1.29 is 13.2 Å². The summed E-state index contributed by atoms with van der Waals surface area (Å²) in [5, 5.41) is 5.09. The van der Waals surface area contributed by atoms with Crippen LogP contribution in [0.15, 0.2) is 48.7 Å². The van der Waals surface area contributed by atoms with Crippen molar-refractivity contribution in [3.63, 3.8) is 0 Å². The van der Waals surface area contributed by atoms with Crippen LogP contribution in [0.3, 0.4) is 0 Å². The van der Waals surface area contributed by atoms with Crippen LogP contribution in [0.5, 0.6) is 0 Å². The molecule has 122 valence electrons. The summed E-state index contributed by atoms with van der Waals surface area (Å²) in [5.74, 6) is 0. The zero-order valence-corrected chi connectivity index (χ0v) is 13.5. The van der Waals surface area contributed by atoms with Crippen molar-refractivity contribution in [1.82, 2.24) is 9.78 Å². The van der Waals surface area contributed by atoms with Crippen LogP contribution in [0.2, 0.25) is 10.0 Å². The summed E-state index contributed by atoms with van der Waals surface area (Å²) >= 11 is 12.1. The van der Waals surface area contributed by atoms with Crippen molar-refractivity contribution in [2.24, 2.45) is 0 Å². The summed E-state index contributed by atoms with van der Waals surface area (Å²) in [6, 6.07) is 11.6. The van der Waals surface area contributed by atoms with Crippen LogP contribution in [0.4, 0.5) is 13.2 Å². The fraction of sp³-hybridized carbons (Fsp3) is 0.0588.